The van der Waals surface area contributed by atoms with Crippen molar-refractivity contribution >= 4 is 35.0 Å². The molecule has 2 fully saturated rings. The summed E-state index contributed by atoms with van der Waals surface area (Å²) in [6.07, 6.45) is 4.81. The molecule has 0 aromatic heterocycles. The number of halogens is 1. The van der Waals surface area contributed by atoms with Gasteiger partial charge in [0.1, 0.15) is 6.04 Å². The highest BCUT2D eigenvalue weighted by Crippen LogP contribution is 2.32. The van der Waals surface area contributed by atoms with Crippen molar-refractivity contribution in [3.63, 3.8) is 0 Å². The molecule has 2 aromatic rings. The van der Waals surface area contributed by atoms with E-state index < -0.39 is 6.04 Å². The zero-order valence-electron chi connectivity index (χ0n) is 19.3. The molecule has 0 spiro atoms. The minimum absolute atomic E-state index is 0.00627. The fraction of sp³-hybridized carbons (Fsp3) is 0.444. The van der Waals surface area contributed by atoms with Crippen molar-refractivity contribution in [3.05, 3.63) is 64.7 Å². The van der Waals surface area contributed by atoms with Crippen LogP contribution >= 0.6 is 11.6 Å². The molecule has 0 bridgehead atoms. The van der Waals surface area contributed by atoms with E-state index in [1.165, 1.54) is 4.90 Å². The van der Waals surface area contributed by atoms with Crippen LogP contribution in [0, 0.1) is 5.92 Å². The van der Waals surface area contributed by atoms with Gasteiger partial charge in [-0.2, -0.15) is 0 Å². The first-order valence-corrected chi connectivity index (χ1v) is 12.2. The second-order valence-electron chi connectivity index (χ2n) is 9.43. The first kappa shape index (κ1) is 23.5. The standard InChI is InChI=1S/C27H31ClN2O3/c1-18(2)19-12-14-22(15-13-19)30-25(31)16-24(27(30)33)29(17-21-10-6-7-11-23(21)28)26(32)20-8-4-3-5-9-20/h6-7,10-15,18,20,24H,3-5,8-9,16-17H2,1-2H3. The SMILES string of the molecule is CC(C)c1ccc(N2C(=O)CC(N(Cc3ccccc3Cl)C(=O)C3CCCCC3)C2=O)cc1. The minimum Gasteiger partial charge on any atom is -0.325 e. The number of carbonyl (C=O) groups excluding carboxylic acids is 3. The Balaban J connectivity index is 1.63. The van der Waals surface area contributed by atoms with E-state index >= 15 is 0 Å². The third kappa shape index (κ3) is 4.98. The lowest BCUT2D eigenvalue weighted by Crippen LogP contribution is -2.47. The summed E-state index contributed by atoms with van der Waals surface area (Å²) in [5.74, 6) is -0.409. The lowest BCUT2D eigenvalue weighted by Gasteiger charge is -2.33. The number of hydrogen-bond donors (Lipinski definition) is 0. The Kier molecular flexibility index (Phi) is 7.18. The molecule has 0 N–H and O–H groups in total. The fourth-order valence-corrected chi connectivity index (χ4v) is 5.07. The van der Waals surface area contributed by atoms with E-state index in [0.29, 0.717) is 16.6 Å². The quantitative estimate of drug-likeness (QED) is 0.513. The van der Waals surface area contributed by atoms with Crippen LogP contribution < -0.4 is 4.90 Å². The Bertz CT molecular complexity index is 1030. The third-order valence-corrected chi connectivity index (χ3v) is 7.22. The molecule has 1 aliphatic carbocycles. The van der Waals surface area contributed by atoms with Gasteiger partial charge < -0.3 is 4.90 Å². The molecule has 2 aliphatic rings. The van der Waals surface area contributed by atoms with Crippen molar-refractivity contribution < 1.29 is 14.4 Å². The van der Waals surface area contributed by atoms with Crippen LogP contribution in [0.5, 0.6) is 0 Å². The van der Waals surface area contributed by atoms with E-state index in [-0.39, 0.29) is 36.6 Å². The number of rotatable bonds is 6. The van der Waals surface area contributed by atoms with Crippen molar-refractivity contribution in [1.82, 2.24) is 4.90 Å². The Morgan fingerprint density at radius 1 is 1.03 bits per heavy atom. The number of anilines is 1. The minimum atomic E-state index is -0.812. The Hall–Kier alpha value is -2.66. The number of nitrogens with zero attached hydrogens (tertiary/aromatic N) is 2. The molecule has 4 rings (SSSR count). The highest BCUT2D eigenvalue weighted by Gasteiger charge is 2.45. The van der Waals surface area contributed by atoms with Gasteiger partial charge in [0.25, 0.3) is 5.91 Å². The van der Waals surface area contributed by atoms with Crippen LogP contribution in [0.3, 0.4) is 0 Å². The average Bonchev–Trinajstić information content (AvgIpc) is 3.12. The lowest BCUT2D eigenvalue weighted by molar-refractivity contribution is -0.143. The summed E-state index contributed by atoms with van der Waals surface area (Å²) in [6, 6.07) is 14.1. The van der Waals surface area contributed by atoms with Crippen LogP contribution in [-0.4, -0.2) is 28.7 Å². The van der Waals surface area contributed by atoms with Gasteiger partial charge in [-0.1, -0.05) is 75.0 Å². The smallest absolute Gasteiger partial charge is 0.257 e. The van der Waals surface area contributed by atoms with Crippen LogP contribution in [0.15, 0.2) is 48.5 Å². The van der Waals surface area contributed by atoms with Gasteiger partial charge in [-0.05, 0) is 48.1 Å². The lowest BCUT2D eigenvalue weighted by atomic mass is 9.87. The van der Waals surface area contributed by atoms with Gasteiger partial charge in [-0.15, -0.1) is 0 Å². The van der Waals surface area contributed by atoms with Gasteiger partial charge in [-0.25, -0.2) is 4.90 Å². The van der Waals surface area contributed by atoms with E-state index in [1.807, 2.05) is 42.5 Å². The third-order valence-electron chi connectivity index (χ3n) is 6.85. The highest BCUT2D eigenvalue weighted by atomic mass is 35.5. The Morgan fingerprint density at radius 2 is 1.70 bits per heavy atom. The Morgan fingerprint density at radius 3 is 2.33 bits per heavy atom. The van der Waals surface area contributed by atoms with E-state index in [4.69, 9.17) is 11.6 Å². The molecule has 1 atom stereocenters. The summed E-state index contributed by atoms with van der Waals surface area (Å²) < 4.78 is 0. The zero-order valence-corrected chi connectivity index (χ0v) is 20.1. The molecule has 1 saturated carbocycles. The van der Waals surface area contributed by atoms with Gasteiger partial charge in [0.15, 0.2) is 0 Å². The summed E-state index contributed by atoms with van der Waals surface area (Å²) in [7, 11) is 0. The molecule has 1 saturated heterocycles. The molecule has 1 unspecified atom stereocenters. The predicted octanol–water partition coefficient (Wildman–Crippen LogP) is 5.70. The average molecular weight is 467 g/mol. The highest BCUT2D eigenvalue weighted by molar-refractivity contribution is 6.31. The van der Waals surface area contributed by atoms with E-state index in [0.717, 1.165) is 43.2 Å². The Labute approximate surface area is 200 Å². The van der Waals surface area contributed by atoms with Crippen molar-refractivity contribution in [2.75, 3.05) is 4.90 Å². The molecule has 6 heteroatoms. The van der Waals surface area contributed by atoms with Gasteiger partial charge in [0.2, 0.25) is 11.8 Å². The molecule has 2 aromatic carbocycles. The van der Waals surface area contributed by atoms with E-state index in [2.05, 4.69) is 13.8 Å². The topological polar surface area (TPSA) is 57.7 Å². The van der Waals surface area contributed by atoms with Crippen LogP contribution in [0.4, 0.5) is 5.69 Å². The van der Waals surface area contributed by atoms with Gasteiger partial charge in [-0.3, -0.25) is 14.4 Å². The maximum atomic E-state index is 13.6. The first-order valence-electron chi connectivity index (χ1n) is 11.9. The maximum absolute atomic E-state index is 13.6. The molecule has 0 radical (unpaired) electrons. The number of hydrogen-bond acceptors (Lipinski definition) is 3. The van der Waals surface area contributed by atoms with Crippen molar-refractivity contribution in [2.24, 2.45) is 5.92 Å². The molecule has 174 valence electrons. The number of benzene rings is 2. The molecular formula is C27H31ClN2O3. The summed E-state index contributed by atoms with van der Waals surface area (Å²) in [5, 5.41) is 0.553. The van der Waals surface area contributed by atoms with Crippen molar-refractivity contribution in [3.8, 4) is 0 Å². The molecule has 3 amide bonds. The van der Waals surface area contributed by atoms with Gasteiger partial charge >= 0.3 is 0 Å². The fourth-order valence-electron chi connectivity index (χ4n) is 4.87. The zero-order chi connectivity index (χ0) is 23.5. The van der Waals surface area contributed by atoms with E-state index in [1.54, 1.807) is 11.0 Å². The number of amides is 3. The summed E-state index contributed by atoms with van der Waals surface area (Å²) >= 11 is 6.40. The summed E-state index contributed by atoms with van der Waals surface area (Å²) in [4.78, 5) is 43.0. The summed E-state index contributed by atoms with van der Waals surface area (Å²) in [5.41, 5.74) is 2.48. The second kappa shape index (κ2) is 10.1. The number of carbonyl (C=O) groups is 3. The van der Waals surface area contributed by atoms with Crippen molar-refractivity contribution in [1.29, 1.82) is 0 Å². The summed E-state index contributed by atoms with van der Waals surface area (Å²) in [6.45, 7) is 4.42. The van der Waals surface area contributed by atoms with E-state index in [9.17, 15) is 14.4 Å². The van der Waals surface area contributed by atoms with Gasteiger partial charge in [0.05, 0.1) is 12.1 Å². The molecule has 1 aliphatic heterocycles. The van der Waals surface area contributed by atoms with Crippen molar-refractivity contribution in [2.45, 2.75) is 70.9 Å². The first-order chi connectivity index (χ1) is 15.9. The van der Waals surface area contributed by atoms with Crippen LogP contribution in [0.1, 0.15) is 69.4 Å². The molecule has 5 nitrogen and oxygen atoms in total. The molecule has 33 heavy (non-hydrogen) atoms. The second-order valence-corrected chi connectivity index (χ2v) is 9.83. The van der Waals surface area contributed by atoms with Crippen LogP contribution in [-0.2, 0) is 20.9 Å². The van der Waals surface area contributed by atoms with Crippen LogP contribution in [0.2, 0.25) is 5.02 Å². The monoisotopic (exact) mass is 466 g/mol. The molecule has 1 heterocycles. The number of imide groups is 1. The normalized spacial score (nSPS) is 19.4. The predicted molar refractivity (Wildman–Crippen MR) is 130 cm³/mol. The van der Waals surface area contributed by atoms with Crippen LogP contribution in [0.25, 0.3) is 0 Å². The molecular weight excluding hydrogens is 436 g/mol. The largest absolute Gasteiger partial charge is 0.325 e. The maximum Gasteiger partial charge on any atom is 0.257 e. The van der Waals surface area contributed by atoms with Gasteiger partial charge in [0, 0.05) is 17.5 Å².